The summed E-state index contributed by atoms with van der Waals surface area (Å²) >= 11 is 5.80. The van der Waals surface area contributed by atoms with Crippen LogP contribution in [0.2, 0.25) is 5.02 Å². The Kier molecular flexibility index (Phi) is 4.42. The Morgan fingerprint density at radius 2 is 2.05 bits per heavy atom. The third-order valence-corrected chi connectivity index (χ3v) is 3.19. The highest BCUT2D eigenvalue weighted by molar-refractivity contribution is 6.30. The summed E-state index contributed by atoms with van der Waals surface area (Å²) in [5.74, 6) is -0.0149. The standard InChI is InChI=1S/C14H15ClN2O3/c1-8(7-20-2)12-16-13(18)11(14(19)17-12)9-3-5-10(15)6-4-9/h3-6,8H,7H2,1-2H3,(H2,16,17,18,19). The molecular formula is C14H15ClN2O3. The van der Waals surface area contributed by atoms with E-state index in [1.54, 1.807) is 31.4 Å². The van der Waals surface area contributed by atoms with Gasteiger partial charge in [0.2, 0.25) is 5.88 Å². The van der Waals surface area contributed by atoms with Crippen LogP contribution in [0.3, 0.4) is 0 Å². The molecule has 2 rings (SSSR count). The van der Waals surface area contributed by atoms with Crippen molar-refractivity contribution in [2.24, 2.45) is 0 Å². The van der Waals surface area contributed by atoms with Crippen LogP contribution in [0.25, 0.3) is 11.1 Å². The van der Waals surface area contributed by atoms with E-state index in [2.05, 4.69) is 9.97 Å². The van der Waals surface area contributed by atoms with Gasteiger partial charge >= 0.3 is 0 Å². The molecule has 20 heavy (non-hydrogen) atoms. The summed E-state index contributed by atoms with van der Waals surface area (Å²) in [6, 6.07) is 6.62. The van der Waals surface area contributed by atoms with E-state index in [9.17, 15) is 9.90 Å². The van der Waals surface area contributed by atoms with Gasteiger partial charge in [0.1, 0.15) is 11.4 Å². The average molecular weight is 295 g/mol. The second kappa shape index (κ2) is 6.07. The van der Waals surface area contributed by atoms with Crippen LogP contribution in [0.5, 0.6) is 5.88 Å². The summed E-state index contributed by atoms with van der Waals surface area (Å²) in [6.07, 6.45) is 0. The van der Waals surface area contributed by atoms with Crippen molar-refractivity contribution < 1.29 is 9.84 Å². The number of halogens is 1. The van der Waals surface area contributed by atoms with Crippen molar-refractivity contribution in [1.29, 1.82) is 0 Å². The summed E-state index contributed by atoms with van der Waals surface area (Å²) in [7, 11) is 1.57. The third-order valence-electron chi connectivity index (χ3n) is 2.93. The topological polar surface area (TPSA) is 75.2 Å². The number of methoxy groups -OCH3 is 1. The molecule has 1 unspecified atom stereocenters. The summed E-state index contributed by atoms with van der Waals surface area (Å²) in [5, 5.41) is 10.6. The zero-order valence-electron chi connectivity index (χ0n) is 11.2. The quantitative estimate of drug-likeness (QED) is 0.908. The fraction of sp³-hybridized carbons (Fsp3) is 0.286. The van der Waals surface area contributed by atoms with Crippen LogP contribution < -0.4 is 5.56 Å². The molecule has 0 aliphatic heterocycles. The smallest absolute Gasteiger partial charge is 0.262 e. The van der Waals surface area contributed by atoms with Crippen LogP contribution in [0.4, 0.5) is 0 Å². The number of nitrogens with one attached hydrogen (secondary N) is 1. The van der Waals surface area contributed by atoms with Crippen LogP contribution in [0, 0.1) is 0 Å². The minimum absolute atomic E-state index is 0.113. The molecule has 0 radical (unpaired) electrons. The molecule has 2 N–H and O–H groups in total. The van der Waals surface area contributed by atoms with E-state index in [0.29, 0.717) is 23.0 Å². The number of H-pyrrole nitrogens is 1. The molecule has 0 saturated carbocycles. The van der Waals surface area contributed by atoms with Crippen molar-refractivity contribution in [3.63, 3.8) is 0 Å². The molecule has 106 valence electrons. The van der Waals surface area contributed by atoms with Crippen molar-refractivity contribution in [3.8, 4) is 17.0 Å². The van der Waals surface area contributed by atoms with E-state index in [1.807, 2.05) is 6.92 Å². The molecule has 1 aromatic carbocycles. The predicted octanol–water partition coefficient (Wildman–Crippen LogP) is 2.55. The number of ether oxygens (including phenoxy) is 1. The lowest BCUT2D eigenvalue weighted by Crippen LogP contribution is -2.17. The van der Waals surface area contributed by atoms with Gasteiger partial charge in [-0.3, -0.25) is 4.79 Å². The molecule has 0 saturated heterocycles. The Hall–Kier alpha value is -1.85. The van der Waals surface area contributed by atoms with E-state index in [1.165, 1.54) is 0 Å². The average Bonchev–Trinajstić information content (AvgIpc) is 2.40. The van der Waals surface area contributed by atoms with Gasteiger partial charge < -0.3 is 14.8 Å². The monoisotopic (exact) mass is 294 g/mol. The number of rotatable bonds is 4. The highest BCUT2D eigenvalue weighted by Crippen LogP contribution is 2.25. The van der Waals surface area contributed by atoms with E-state index in [4.69, 9.17) is 16.3 Å². The lowest BCUT2D eigenvalue weighted by molar-refractivity contribution is 0.181. The predicted molar refractivity (Wildman–Crippen MR) is 77.3 cm³/mol. The second-order valence-electron chi connectivity index (χ2n) is 4.51. The number of benzene rings is 1. The van der Waals surface area contributed by atoms with Gasteiger partial charge in [-0.05, 0) is 17.7 Å². The van der Waals surface area contributed by atoms with E-state index in [0.717, 1.165) is 0 Å². The molecule has 1 atom stereocenters. The van der Waals surface area contributed by atoms with Gasteiger partial charge in [0.25, 0.3) is 5.56 Å². The molecule has 0 aliphatic rings. The maximum absolute atomic E-state index is 12.1. The molecule has 0 bridgehead atoms. The van der Waals surface area contributed by atoms with Gasteiger partial charge in [-0.25, -0.2) is 0 Å². The highest BCUT2D eigenvalue weighted by Gasteiger charge is 2.16. The van der Waals surface area contributed by atoms with Crippen molar-refractivity contribution >= 4 is 11.6 Å². The molecule has 2 aromatic rings. The molecule has 0 aliphatic carbocycles. The van der Waals surface area contributed by atoms with Crippen LogP contribution in [0.15, 0.2) is 29.1 Å². The van der Waals surface area contributed by atoms with Crippen LogP contribution >= 0.6 is 11.6 Å². The zero-order valence-corrected chi connectivity index (χ0v) is 11.9. The Morgan fingerprint density at radius 1 is 1.40 bits per heavy atom. The van der Waals surface area contributed by atoms with Crippen molar-refractivity contribution in [2.75, 3.05) is 13.7 Å². The fourth-order valence-electron chi connectivity index (χ4n) is 1.92. The summed E-state index contributed by atoms with van der Waals surface area (Å²) in [5.41, 5.74) is 0.305. The van der Waals surface area contributed by atoms with Crippen molar-refractivity contribution in [2.45, 2.75) is 12.8 Å². The second-order valence-corrected chi connectivity index (χ2v) is 4.95. The van der Waals surface area contributed by atoms with E-state index < -0.39 is 5.56 Å². The number of aromatic nitrogens is 2. The summed E-state index contributed by atoms with van der Waals surface area (Å²) in [4.78, 5) is 18.8. The van der Waals surface area contributed by atoms with Crippen molar-refractivity contribution in [3.05, 3.63) is 45.5 Å². The lowest BCUT2D eigenvalue weighted by atomic mass is 10.1. The Bertz CT molecular complexity index is 652. The minimum Gasteiger partial charge on any atom is -0.493 e. The molecule has 6 heteroatoms. The summed E-state index contributed by atoms with van der Waals surface area (Å²) in [6.45, 7) is 2.26. The zero-order chi connectivity index (χ0) is 14.7. The lowest BCUT2D eigenvalue weighted by Gasteiger charge is -2.11. The third kappa shape index (κ3) is 3.00. The molecule has 1 aromatic heterocycles. The number of aromatic amines is 1. The molecule has 1 heterocycles. The molecule has 0 amide bonds. The van der Waals surface area contributed by atoms with Gasteiger partial charge in [0.15, 0.2) is 0 Å². The maximum atomic E-state index is 12.1. The number of hydrogen-bond donors (Lipinski definition) is 2. The van der Waals surface area contributed by atoms with Crippen LogP contribution in [0.1, 0.15) is 18.7 Å². The highest BCUT2D eigenvalue weighted by atomic mass is 35.5. The van der Waals surface area contributed by atoms with E-state index >= 15 is 0 Å². The molecular weight excluding hydrogens is 280 g/mol. The van der Waals surface area contributed by atoms with Gasteiger partial charge in [-0.15, -0.1) is 0 Å². The largest absolute Gasteiger partial charge is 0.493 e. The Morgan fingerprint density at radius 3 is 2.60 bits per heavy atom. The fourth-order valence-corrected chi connectivity index (χ4v) is 2.04. The minimum atomic E-state index is -0.391. The Balaban J connectivity index is 2.46. The van der Waals surface area contributed by atoms with Gasteiger partial charge in [0, 0.05) is 18.1 Å². The van der Waals surface area contributed by atoms with Gasteiger partial charge in [-0.2, -0.15) is 4.98 Å². The van der Waals surface area contributed by atoms with Gasteiger partial charge in [0.05, 0.1) is 6.61 Å². The first-order valence-corrected chi connectivity index (χ1v) is 6.48. The normalized spacial score (nSPS) is 12.3. The Labute approximate surface area is 121 Å². The first-order valence-electron chi connectivity index (χ1n) is 6.11. The number of hydrogen-bond acceptors (Lipinski definition) is 4. The maximum Gasteiger partial charge on any atom is 0.262 e. The van der Waals surface area contributed by atoms with Crippen LogP contribution in [-0.4, -0.2) is 28.8 Å². The number of aromatic hydroxyl groups is 1. The van der Waals surface area contributed by atoms with Crippen LogP contribution in [-0.2, 0) is 4.74 Å². The van der Waals surface area contributed by atoms with Crippen molar-refractivity contribution in [1.82, 2.24) is 9.97 Å². The first-order chi connectivity index (χ1) is 9.52. The molecule has 0 fully saturated rings. The first kappa shape index (κ1) is 14.6. The molecule has 5 nitrogen and oxygen atoms in total. The number of nitrogens with zero attached hydrogens (tertiary/aromatic N) is 1. The van der Waals surface area contributed by atoms with E-state index in [-0.39, 0.29) is 17.4 Å². The van der Waals surface area contributed by atoms with Gasteiger partial charge in [-0.1, -0.05) is 30.7 Å². The molecule has 0 spiro atoms. The SMILES string of the molecule is COCC(C)c1nc(O)c(-c2ccc(Cl)cc2)c(=O)[nH]1. The summed E-state index contributed by atoms with van der Waals surface area (Å²) < 4.78 is 5.01.